The van der Waals surface area contributed by atoms with Crippen molar-refractivity contribution in [3.8, 4) is 0 Å². The van der Waals surface area contributed by atoms with Gasteiger partial charge in [0.15, 0.2) is 0 Å². The zero-order valence-electron chi connectivity index (χ0n) is 11.6. The molecule has 1 fully saturated rings. The van der Waals surface area contributed by atoms with Crippen molar-refractivity contribution in [1.82, 2.24) is 4.98 Å². The number of pyridine rings is 1. The molecule has 0 bridgehead atoms. The number of hydrogen-bond acceptors (Lipinski definition) is 3. The van der Waals surface area contributed by atoms with E-state index in [9.17, 15) is 5.11 Å². The van der Waals surface area contributed by atoms with Crippen LogP contribution in [-0.4, -0.2) is 28.9 Å². The van der Waals surface area contributed by atoms with Crippen LogP contribution in [0, 0.1) is 0 Å². The van der Waals surface area contributed by atoms with Gasteiger partial charge in [0.05, 0.1) is 11.7 Å². The van der Waals surface area contributed by atoms with E-state index in [-0.39, 0.29) is 12.0 Å². The molecule has 0 saturated heterocycles. The third-order valence-electron chi connectivity index (χ3n) is 4.93. The van der Waals surface area contributed by atoms with Crippen LogP contribution in [0.2, 0.25) is 0 Å². The molecule has 1 saturated carbocycles. The Morgan fingerprint density at radius 1 is 1.32 bits per heavy atom. The van der Waals surface area contributed by atoms with E-state index in [0.717, 1.165) is 50.6 Å². The molecule has 0 radical (unpaired) electrons. The lowest BCUT2D eigenvalue weighted by atomic mass is 9.68. The lowest BCUT2D eigenvalue weighted by molar-refractivity contribution is -0.134. The Morgan fingerprint density at radius 3 is 3.05 bits per heavy atom. The highest BCUT2D eigenvalue weighted by atomic mass is 16.5. The van der Waals surface area contributed by atoms with E-state index in [0.29, 0.717) is 0 Å². The molecule has 1 aromatic rings. The highest BCUT2D eigenvalue weighted by Crippen LogP contribution is 2.45. The van der Waals surface area contributed by atoms with Gasteiger partial charge in [-0.05, 0) is 43.7 Å². The smallest absolute Gasteiger partial charge is 0.0991 e. The van der Waals surface area contributed by atoms with Crippen LogP contribution >= 0.6 is 0 Å². The third-order valence-corrected chi connectivity index (χ3v) is 4.93. The minimum atomic E-state index is -0.726. The summed E-state index contributed by atoms with van der Waals surface area (Å²) in [5.41, 5.74) is 1.70. The first-order valence-corrected chi connectivity index (χ1v) is 7.44. The van der Waals surface area contributed by atoms with E-state index >= 15 is 0 Å². The van der Waals surface area contributed by atoms with Gasteiger partial charge in [-0.15, -0.1) is 0 Å². The lowest BCUT2D eigenvalue weighted by Gasteiger charge is -2.45. The number of methoxy groups -OCH3 is 1. The summed E-state index contributed by atoms with van der Waals surface area (Å²) in [6, 6.07) is 4.16. The van der Waals surface area contributed by atoms with Crippen LogP contribution in [0.15, 0.2) is 18.3 Å². The number of hydrogen-bond donors (Lipinski definition) is 1. The summed E-state index contributed by atoms with van der Waals surface area (Å²) < 4.78 is 5.60. The SMILES string of the molecule is COC1CCCCC1(O)C1CCCc2cccnc21. The number of fused-ring (bicyclic) bond motifs is 1. The van der Waals surface area contributed by atoms with Crippen molar-refractivity contribution >= 4 is 0 Å². The lowest BCUT2D eigenvalue weighted by Crippen LogP contribution is -2.51. The van der Waals surface area contributed by atoms with Gasteiger partial charge in [0.1, 0.15) is 0 Å². The molecule has 0 aromatic carbocycles. The maximum atomic E-state index is 11.2. The topological polar surface area (TPSA) is 42.4 Å². The summed E-state index contributed by atoms with van der Waals surface area (Å²) >= 11 is 0. The van der Waals surface area contributed by atoms with E-state index in [4.69, 9.17) is 4.74 Å². The van der Waals surface area contributed by atoms with E-state index in [1.165, 1.54) is 5.56 Å². The van der Waals surface area contributed by atoms with Gasteiger partial charge in [-0.3, -0.25) is 4.98 Å². The Kier molecular flexibility index (Phi) is 3.59. The van der Waals surface area contributed by atoms with Gasteiger partial charge in [0.25, 0.3) is 0 Å². The first kappa shape index (κ1) is 13.1. The van der Waals surface area contributed by atoms with Crippen LogP contribution < -0.4 is 0 Å². The Balaban J connectivity index is 1.97. The molecule has 2 aliphatic carbocycles. The van der Waals surface area contributed by atoms with Crippen molar-refractivity contribution in [2.24, 2.45) is 0 Å². The molecule has 3 rings (SSSR count). The molecule has 1 aromatic heterocycles. The van der Waals surface area contributed by atoms with Crippen LogP contribution in [-0.2, 0) is 11.2 Å². The summed E-state index contributed by atoms with van der Waals surface area (Å²) in [6.07, 6.45) is 9.12. The molecular weight excluding hydrogens is 238 g/mol. The van der Waals surface area contributed by atoms with Crippen molar-refractivity contribution in [1.29, 1.82) is 0 Å². The predicted octanol–water partition coefficient (Wildman–Crippen LogP) is 2.82. The first-order valence-electron chi connectivity index (χ1n) is 7.44. The Hall–Kier alpha value is -0.930. The highest BCUT2D eigenvalue weighted by molar-refractivity contribution is 5.29. The van der Waals surface area contributed by atoms with Crippen LogP contribution in [0.3, 0.4) is 0 Å². The third kappa shape index (κ3) is 2.19. The monoisotopic (exact) mass is 261 g/mol. The Labute approximate surface area is 115 Å². The van der Waals surface area contributed by atoms with Gasteiger partial charge < -0.3 is 9.84 Å². The number of ether oxygens (including phenoxy) is 1. The van der Waals surface area contributed by atoms with Gasteiger partial charge in [-0.25, -0.2) is 0 Å². The van der Waals surface area contributed by atoms with Crippen LogP contribution in [0.4, 0.5) is 0 Å². The molecule has 1 N–H and O–H groups in total. The van der Waals surface area contributed by atoms with Crippen molar-refractivity contribution < 1.29 is 9.84 Å². The molecule has 3 unspecified atom stereocenters. The van der Waals surface area contributed by atoms with Crippen molar-refractivity contribution in [2.75, 3.05) is 7.11 Å². The molecule has 2 aliphatic rings. The van der Waals surface area contributed by atoms with Crippen molar-refractivity contribution in [3.63, 3.8) is 0 Å². The molecule has 3 atom stereocenters. The maximum absolute atomic E-state index is 11.2. The summed E-state index contributed by atoms with van der Waals surface area (Å²) in [4.78, 5) is 4.57. The van der Waals surface area contributed by atoms with Gasteiger partial charge in [0, 0.05) is 24.9 Å². The van der Waals surface area contributed by atoms with Crippen LogP contribution in [0.1, 0.15) is 55.7 Å². The zero-order valence-corrected chi connectivity index (χ0v) is 11.6. The summed E-state index contributed by atoms with van der Waals surface area (Å²) in [5.74, 6) is 0.141. The fraction of sp³-hybridized carbons (Fsp3) is 0.688. The Bertz CT molecular complexity index is 448. The van der Waals surface area contributed by atoms with E-state index in [1.54, 1.807) is 7.11 Å². The number of nitrogens with zero attached hydrogens (tertiary/aromatic N) is 1. The van der Waals surface area contributed by atoms with Crippen LogP contribution in [0.5, 0.6) is 0 Å². The normalized spacial score (nSPS) is 34.8. The molecule has 0 spiro atoms. The van der Waals surface area contributed by atoms with Gasteiger partial charge in [-0.2, -0.15) is 0 Å². The van der Waals surface area contributed by atoms with Gasteiger partial charge >= 0.3 is 0 Å². The highest BCUT2D eigenvalue weighted by Gasteiger charge is 2.47. The minimum absolute atomic E-state index is 0.0424. The second-order valence-electron chi connectivity index (χ2n) is 5.95. The summed E-state index contributed by atoms with van der Waals surface area (Å²) in [6.45, 7) is 0. The van der Waals surface area contributed by atoms with E-state index < -0.39 is 5.60 Å². The number of aliphatic hydroxyl groups is 1. The fourth-order valence-electron chi connectivity index (χ4n) is 3.97. The maximum Gasteiger partial charge on any atom is 0.0991 e. The minimum Gasteiger partial charge on any atom is -0.386 e. The Morgan fingerprint density at radius 2 is 2.21 bits per heavy atom. The number of aromatic nitrogens is 1. The van der Waals surface area contributed by atoms with E-state index in [1.807, 2.05) is 12.3 Å². The molecule has 3 nitrogen and oxygen atoms in total. The quantitative estimate of drug-likeness (QED) is 0.890. The predicted molar refractivity (Wildman–Crippen MR) is 74.1 cm³/mol. The van der Waals surface area contributed by atoms with Crippen molar-refractivity contribution in [2.45, 2.75) is 62.6 Å². The molecule has 0 amide bonds. The molecular formula is C16H23NO2. The van der Waals surface area contributed by atoms with Crippen molar-refractivity contribution in [3.05, 3.63) is 29.6 Å². The summed E-state index contributed by atoms with van der Waals surface area (Å²) in [7, 11) is 1.73. The second kappa shape index (κ2) is 5.22. The first-order chi connectivity index (χ1) is 9.25. The molecule has 3 heteroatoms. The van der Waals surface area contributed by atoms with Crippen LogP contribution in [0.25, 0.3) is 0 Å². The zero-order chi connectivity index (χ0) is 13.3. The average molecular weight is 261 g/mol. The molecule has 1 heterocycles. The second-order valence-corrected chi connectivity index (χ2v) is 5.95. The standard InChI is InChI=1S/C16H23NO2/c1-19-14-9-2-3-10-16(14,18)13-8-4-6-12-7-5-11-17-15(12)13/h5,7,11,13-14,18H,2-4,6,8-10H2,1H3. The number of aryl methyl sites for hydroxylation is 1. The molecule has 104 valence electrons. The summed E-state index contributed by atoms with van der Waals surface area (Å²) in [5, 5.41) is 11.2. The van der Waals surface area contributed by atoms with Gasteiger partial charge in [0.2, 0.25) is 0 Å². The largest absolute Gasteiger partial charge is 0.386 e. The average Bonchev–Trinajstić information content (AvgIpc) is 2.47. The molecule has 19 heavy (non-hydrogen) atoms. The number of rotatable bonds is 2. The van der Waals surface area contributed by atoms with Gasteiger partial charge in [-0.1, -0.05) is 18.9 Å². The molecule has 0 aliphatic heterocycles. The van der Waals surface area contributed by atoms with E-state index in [2.05, 4.69) is 11.1 Å². The fourth-order valence-corrected chi connectivity index (χ4v) is 3.97.